The maximum absolute atomic E-state index is 12.5. The Morgan fingerprint density at radius 2 is 1.89 bits per heavy atom. The van der Waals surface area contributed by atoms with Gasteiger partial charge in [0.05, 0.1) is 6.61 Å². The summed E-state index contributed by atoms with van der Waals surface area (Å²) in [5, 5.41) is 0. The molecule has 0 amide bonds. The minimum absolute atomic E-state index is 0.167. The number of benzene rings is 2. The molecule has 1 aliphatic rings. The lowest BCUT2D eigenvalue weighted by Crippen LogP contribution is -2.40. The minimum Gasteiger partial charge on any atom is -0.406 e. The Balaban J connectivity index is 1.90. The third kappa shape index (κ3) is 4.80. The molecule has 28 heavy (non-hydrogen) atoms. The summed E-state index contributed by atoms with van der Waals surface area (Å²) < 4.78 is 46.9. The first kappa shape index (κ1) is 19.7. The molecule has 0 aliphatic carbocycles. The van der Waals surface area contributed by atoms with Crippen LogP contribution in [0.2, 0.25) is 0 Å². The number of amidine groups is 1. The van der Waals surface area contributed by atoms with Crippen molar-refractivity contribution in [2.75, 3.05) is 13.2 Å². The molecular weight excluding hydrogens is 377 g/mol. The molecule has 2 aromatic rings. The van der Waals surface area contributed by atoms with Gasteiger partial charge in [0.2, 0.25) is 0 Å². The summed E-state index contributed by atoms with van der Waals surface area (Å²) in [5.41, 5.74) is 3.70. The maximum Gasteiger partial charge on any atom is 0.573 e. The number of ether oxygens (including phenoxy) is 2. The van der Waals surface area contributed by atoms with Crippen LogP contribution < -0.4 is 10.2 Å². The number of nitrogens with zero attached hydrogens (tertiary/aromatic N) is 1. The molecule has 1 unspecified atom stereocenters. The van der Waals surface area contributed by atoms with Crippen molar-refractivity contribution in [3.05, 3.63) is 54.1 Å². The van der Waals surface area contributed by atoms with E-state index < -0.39 is 11.9 Å². The van der Waals surface area contributed by atoms with Gasteiger partial charge in [-0.15, -0.1) is 13.2 Å². The zero-order valence-corrected chi connectivity index (χ0v) is 14.8. The normalized spacial score (nSPS) is 19.5. The van der Waals surface area contributed by atoms with Crippen molar-refractivity contribution >= 4 is 12.3 Å². The second kappa shape index (κ2) is 7.89. The molecule has 0 saturated carbocycles. The van der Waals surface area contributed by atoms with Gasteiger partial charge in [-0.1, -0.05) is 30.3 Å². The van der Waals surface area contributed by atoms with Crippen LogP contribution in [0.5, 0.6) is 5.75 Å². The van der Waals surface area contributed by atoms with Gasteiger partial charge < -0.3 is 14.3 Å². The lowest BCUT2D eigenvalue weighted by Gasteiger charge is -2.31. The highest BCUT2D eigenvalue weighted by Crippen LogP contribution is 2.33. The topological polar surface area (TPSA) is 69.2 Å². The summed E-state index contributed by atoms with van der Waals surface area (Å²) in [4.78, 5) is 19.4. The molecule has 1 heterocycles. The van der Waals surface area contributed by atoms with Crippen LogP contribution in [0.3, 0.4) is 0 Å². The second-order valence-corrected chi connectivity index (χ2v) is 6.30. The monoisotopic (exact) mass is 394 g/mol. The van der Waals surface area contributed by atoms with Gasteiger partial charge in [0.1, 0.15) is 17.9 Å². The van der Waals surface area contributed by atoms with E-state index in [0.29, 0.717) is 23.6 Å². The van der Waals surface area contributed by atoms with Gasteiger partial charge in [0.25, 0.3) is 0 Å². The van der Waals surface area contributed by atoms with Crippen LogP contribution in [-0.2, 0) is 19.9 Å². The van der Waals surface area contributed by atoms with Crippen LogP contribution in [0, 0.1) is 0 Å². The first-order valence-electron chi connectivity index (χ1n) is 8.28. The minimum atomic E-state index is -4.75. The van der Waals surface area contributed by atoms with E-state index in [9.17, 15) is 18.0 Å². The molecule has 3 rings (SSSR count). The maximum atomic E-state index is 12.5. The van der Waals surface area contributed by atoms with Gasteiger partial charge in [-0.05, 0) is 41.8 Å². The molecule has 0 fully saturated rings. The zero-order chi connectivity index (χ0) is 20.2. The number of hydroxylamine groups is 1. The summed E-state index contributed by atoms with van der Waals surface area (Å²) in [7, 11) is 0. The molecule has 2 aromatic carbocycles. The predicted octanol–water partition coefficient (Wildman–Crippen LogP) is 3.57. The molecule has 1 aliphatic heterocycles. The van der Waals surface area contributed by atoms with Gasteiger partial charge in [-0.3, -0.25) is 9.79 Å². The van der Waals surface area contributed by atoms with Crippen molar-refractivity contribution < 1.29 is 32.3 Å². The molecule has 148 valence electrons. The third-order valence-electron chi connectivity index (χ3n) is 4.11. The van der Waals surface area contributed by atoms with Gasteiger partial charge in [-0.25, -0.2) is 5.48 Å². The number of hydrogen-bond acceptors (Lipinski definition) is 6. The zero-order valence-electron chi connectivity index (χ0n) is 14.8. The highest BCUT2D eigenvalue weighted by molar-refractivity contribution is 5.84. The molecule has 0 radical (unpaired) electrons. The molecule has 0 aromatic heterocycles. The van der Waals surface area contributed by atoms with E-state index >= 15 is 0 Å². The number of carbonyl (C=O) groups excluding carboxylic acids is 1. The van der Waals surface area contributed by atoms with E-state index in [1.807, 2.05) is 19.1 Å². The van der Waals surface area contributed by atoms with Crippen LogP contribution in [-0.4, -0.2) is 31.9 Å². The van der Waals surface area contributed by atoms with Crippen LogP contribution in [0.15, 0.2) is 53.5 Å². The van der Waals surface area contributed by atoms with Crippen molar-refractivity contribution in [3.8, 4) is 16.9 Å². The van der Waals surface area contributed by atoms with Crippen LogP contribution in [0.4, 0.5) is 13.2 Å². The quantitative estimate of drug-likeness (QED) is 0.620. The van der Waals surface area contributed by atoms with Gasteiger partial charge >= 0.3 is 12.8 Å². The number of nitrogens with one attached hydrogen (secondary N) is 1. The predicted molar refractivity (Wildman–Crippen MR) is 94.5 cm³/mol. The van der Waals surface area contributed by atoms with Gasteiger partial charge in [-0.2, -0.15) is 0 Å². The van der Waals surface area contributed by atoms with Gasteiger partial charge in [0.15, 0.2) is 5.84 Å². The van der Waals surface area contributed by atoms with E-state index in [1.165, 1.54) is 18.2 Å². The van der Waals surface area contributed by atoms with E-state index in [-0.39, 0.29) is 18.8 Å². The van der Waals surface area contributed by atoms with E-state index in [2.05, 4.69) is 20.0 Å². The lowest BCUT2D eigenvalue weighted by atomic mass is 9.90. The number of hydrogen-bond donors (Lipinski definition) is 1. The van der Waals surface area contributed by atoms with E-state index in [4.69, 9.17) is 4.74 Å². The highest BCUT2D eigenvalue weighted by atomic mass is 19.4. The standard InChI is InChI=1S/C19H17F3N2O4/c1-18(11-26-10-17(23-18)24-27-12-25)15-6-2-4-13(8-15)14-5-3-7-16(9-14)28-19(20,21)22/h2-9,12H,10-11H2,1H3,(H,23,24). The molecule has 0 spiro atoms. The average Bonchev–Trinajstić information content (AvgIpc) is 2.65. The molecule has 9 heteroatoms. The second-order valence-electron chi connectivity index (χ2n) is 6.30. The SMILES string of the molecule is CC1(c2cccc(-c3cccc(OC(F)(F)F)c3)c2)COCC(NOC=O)=N1. The molecule has 1 atom stereocenters. The lowest BCUT2D eigenvalue weighted by molar-refractivity contribution is -0.274. The van der Waals surface area contributed by atoms with E-state index in [1.54, 1.807) is 18.2 Å². The van der Waals surface area contributed by atoms with Crippen LogP contribution >= 0.6 is 0 Å². The van der Waals surface area contributed by atoms with Crippen molar-refractivity contribution in [2.45, 2.75) is 18.8 Å². The molecule has 1 N–H and O–H groups in total. The Labute approximate surface area is 158 Å². The average molecular weight is 394 g/mol. The number of carbonyl (C=O) groups is 1. The van der Waals surface area contributed by atoms with Crippen molar-refractivity contribution in [1.29, 1.82) is 0 Å². The van der Waals surface area contributed by atoms with Crippen LogP contribution in [0.1, 0.15) is 12.5 Å². The Morgan fingerprint density at radius 1 is 1.18 bits per heavy atom. The van der Waals surface area contributed by atoms with E-state index in [0.717, 1.165) is 5.56 Å². The molecular formula is C19H17F3N2O4. The summed E-state index contributed by atoms with van der Waals surface area (Å²) in [6, 6.07) is 13.0. The van der Waals surface area contributed by atoms with Crippen molar-refractivity contribution in [2.24, 2.45) is 4.99 Å². The summed E-state index contributed by atoms with van der Waals surface area (Å²) in [5.74, 6) is 0.0601. The fourth-order valence-electron chi connectivity index (χ4n) is 2.91. The Kier molecular flexibility index (Phi) is 5.55. The summed E-state index contributed by atoms with van der Waals surface area (Å²) in [6.45, 7) is 2.54. The summed E-state index contributed by atoms with van der Waals surface area (Å²) >= 11 is 0. The molecule has 0 saturated heterocycles. The highest BCUT2D eigenvalue weighted by Gasteiger charge is 2.32. The first-order valence-corrected chi connectivity index (χ1v) is 8.28. The summed E-state index contributed by atoms with van der Waals surface area (Å²) in [6.07, 6.45) is -4.75. The van der Waals surface area contributed by atoms with Crippen LogP contribution in [0.25, 0.3) is 11.1 Å². The smallest absolute Gasteiger partial charge is 0.406 e. The number of rotatable bonds is 5. The van der Waals surface area contributed by atoms with Crippen molar-refractivity contribution in [1.82, 2.24) is 5.48 Å². The fraction of sp³-hybridized carbons (Fsp3) is 0.263. The number of halogens is 3. The third-order valence-corrected chi connectivity index (χ3v) is 4.11. The largest absolute Gasteiger partial charge is 0.573 e. The van der Waals surface area contributed by atoms with Crippen molar-refractivity contribution in [3.63, 3.8) is 0 Å². The first-order chi connectivity index (χ1) is 13.3. The number of alkyl halides is 3. The van der Waals surface area contributed by atoms with Gasteiger partial charge in [0, 0.05) is 0 Å². The fourth-order valence-corrected chi connectivity index (χ4v) is 2.91. The Hall–Kier alpha value is -3.07. The molecule has 6 nitrogen and oxygen atoms in total. The Morgan fingerprint density at radius 3 is 2.61 bits per heavy atom. The molecule has 0 bridgehead atoms. The Bertz CT molecular complexity index is 885. The number of aliphatic imine (C=N–C) groups is 1.